The lowest BCUT2D eigenvalue weighted by molar-refractivity contribution is -0.115. The zero-order valence-corrected chi connectivity index (χ0v) is 11.2. The molecule has 4 heteroatoms. The van der Waals surface area contributed by atoms with Gasteiger partial charge in [0.1, 0.15) is 0 Å². The fraction of sp³-hybridized carbons (Fsp3) is 0.188. The van der Waals surface area contributed by atoms with E-state index >= 15 is 0 Å². The van der Waals surface area contributed by atoms with E-state index in [1.165, 1.54) is 0 Å². The monoisotopic (exact) mass is 269 g/mol. The quantitative estimate of drug-likeness (QED) is 0.932. The van der Waals surface area contributed by atoms with E-state index in [9.17, 15) is 4.79 Å². The van der Waals surface area contributed by atoms with E-state index in [-0.39, 0.29) is 19.1 Å². The standard InChI is InChI=1S/C16H15NO3/c1-11-4-2-6-13(8-11)17-15(18)9-12-5-3-7-14-16(12)20-10-19-14/h2-8H,9-10H2,1H3,(H,17,18). The van der Waals surface area contributed by atoms with Crippen molar-refractivity contribution < 1.29 is 14.3 Å². The second-order valence-electron chi connectivity index (χ2n) is 4.75. The van der Waals surface area contributed by atoms with Crippen molar-refractivity contribution in [3.63, 3.8) is 0 Å². The molecule has 1 N–H and O–H groups in total. The molecule has 20 heavy (non-hydrogen) atoms. The number of hydrogen-bond acceptors (Lipinski definition) is 3. The van der Waals surface area contributed by atoms with Crippen LogP contribution in [0.4, 0.5) is 5.69 Å². The summed E-state index contributed by atoms with van der Waals surface area (Å²) < 4.78 is 10.7. The number of carbonyl (C=O) groups is 1. The van der Waals surface area contributed by atoms with Crippen LogP contribution in [-0.4, -0.2) is 12.7 Å². The molecule has 2 aromatic carbocycles. The largest absolute Gasteiger partial charge is 0.454 e. The number of ether oxygens (including phenoxy) is 2. The Morgan fingerprint density at radius 2 is 2.05 bits per heavy atom. The molecule has 4 nitrogen and oxygen atoms in total. The maximum Gasteiger partial charge on any atom is 0.231 e. The van der Waals surface area contributed by atoms with E-state index in [2.05, 4.69) is 5.32 Å². The van der Waals surface area contributed by atoms with Crippen molar-refractivity contribution in [3.05, 3.63) is 53.6 Å². The lowest BCUT2D eigenvalue weighted by Gasteiger charge is -2.08. The lowest BCUT2D eigenvalue weighted by atomic mass is 10.1. The third-order valence-corrected chi connectivity index (χ3v) is 3.13. The molecule has 0 saturated heterocycles. The molecule has 0 spiro atoms. The summed E-state index contributed by atoms with van der Waals surface area (Å²) in [4.78, 5) is 12.1. The number of hydrogen-bond donors (Lipinski definition) is 1. The van der Waals surface area contributed by atoms with Gasteiger partial charge in [-0.05, 0) is 30.7 Å². The van der Waals surface area contributed by atoms with Crippen molar-refractivity contribution >= 4 is 11.6 Å². The molecule has 0 atom stereocenters. The number of aryl methyl sites for hydroxylation is 1. The van der Waals surface area contributed by atoms with Gasteiger partial charge in [0.15, 0.2) is 11.5 Å². The molecule has 0 fully saturated rings. The van der Waals surface area contributed by atoms with Gasteiger partial charge in [0.25, 0.3) is 0 Å². The zero-order chi connectivity index (χ0) is 13.9. The van der Waals surface area contributed by atoms with Crippen molar-refractivity contribution in [2.45, 2.75) is 13.3 Å². The molecule has 1 aliphatic heterocycles. The first-order valence-electron chi connectivity index (χ1n) is 6.46. The van der Waals surface area contributed by atoms with Crippen LogP contribution in [0.2, 0.25) is 0 Å². The van der Waals surface area contributed by atoms with Crippen molar-refractivity contribution in [2.75, 3.05) is 12.1 Å². The van der Waals surface area contributed by atoms with E-state index in [4.69, 9.17) is 9.47 Å². The molecule has 102 valence electrons. The lowest BCUT2D eigenvalue weighted by Crippen LogP contribution is -2.14. The average molecular weight is 269 g/mol. The molecule has 2 aromatic rings. The fourth-order valence-electron chi connectivity index (χ4n) is 2.23. The number of para-hydroxylation sites is 1. The Hall–Kier alpha value is -2.49. The van der Waals surface area contributed by atoms with Crippen molar-refractivity contribution in [1.29, 1.82) is 0 Å². The minimum Gasteiger partial charge on any atom is -0.454 e. The number of fused-ring (bicyclic) bond motifs is 1. The molecular formula is C16H15NO3. The Kier molecular flexibility index (Phi) is 3.29. The Morgan fingerprint density at radius 3 is 2.90 bits per heavy atom. The fourth-order valence-corrected chi connectivity index (χ4v) is 2.23. The molecule has 1 aliphatic rings. The molecule has 0 bridgehead atoms. The van der Waals surface area contributed by atoms with Gasteiger partial charge in [-0.3, -0.25) is 4.79 Å². The van der Waals surface area contributed by atoms with Crippen LogP contribution in [0.25, 0.3) is 0 Å². The predicted octanol–water partition coefficient (Wildman–Crippen LogP) is 2.90. The second-order valence-corrected chi connectivity index (χ2v) is 4.75. The summed E-state index contributed by atoms with van der Waals surface area (Å²) in [5.74, 6) is 1.30. The number of carbonyl (C=O) groups excluding carboxylic acids is 1. The molecule has 0 unspecified atom stereocenters. The molecular weight excluding hydrogens is 254 g/mol. The molecule has 0 aromatic heterocycles. The average Bonchev–Trinajstić information content (AvgIpc) is 2.88. The highest BCUT2D eigenvalue weighted by Gasteiger charge is 2.18. The van der Waals surface area contributed by atoms with Crippen LogP contribution in [0.1, 0.15) is 11.1 Å². The highest BCUT2D eigenvalue weighted by molar-refractivity contribution is 5.92. The predicted molar refractivity (Wildman–Crippen MR) is 76.1 cm³/mol. The molecule has 0 saturated carbocycles. The number of anilines is 1. The highest BCUT2D eigenvalue weighted by atomic mass is 16.7. The van der Waals surface area contributed by atoms with Gasteiger partial charge in [-0.25, -0.2) is 0 Å². The molecule has 0 aliphatic carbocycles. The topological polar surface area (TPSA) is 47.6 Å². The SMILES string of the molecule is Cc1cccc(NC(=O)Cc2cccc3c2OCO3)c1. The maximum absolute atomic E-state index is 12.1. The summed E-state index contributed by atoms with van der Waals surface area (Å²) in [6.07, 6.45) is 0.264. The Labute approximate surface area is 117 Å². The summed E-state index contributed by atoms with van der Waals surface area (Å²) in [7, 11) is 0. The first-order chi connectivity index (χ1) is 9.72. The zero-order valence-electron chi connectivity index (χ0n) is 11.2. The van der Waals surface area contributed by atoms with Gasteiger partial charge in [0.2, 0.25) is 12.7 Å². The van der Waals surface area contributed by atoms with Crippen LogP contribution in [0.5, 0.6) is 11.5 Å². The third-order valence-electron chi connectivity index (χ3n) is 3.13. The van der Waals surface area contributed by atoms with Crippen LogP contribution < -0.4 is 14.8 Å². The normalized spacial score (nSPS) is 12.2. The van der Waals surface area contributed by atoms with E-state index in [0.29, 0.717) is 11.5 Å². The van der Waals surface area contributed by atoms with Gasteiger partial charge in [-0.1, -0.05) is 24.3 Å². The Morgan fingerprint density at radius 1 is 1.20 bits per heavy atom. The smallest absolute Gasteiger partial charge is 0.231 e. The summed E-state index contributed by atoms with van der Waals surface area (Å²) in [6.45, 7) is 2.21. The van der Waals surface area contributed by atoms with Crippen molar-refractivity contribution in [3.8, 4) is 11.5 Å². The summed E-state index contributed by atoms with van der Waals surface area (Å²) in [6, 6.07) is 13.3. The first kappa shape index (κ1) is 12.5. The van der Waals surface area contributed by atoms with Crippen LogP contribution in [-0.2, 0) is 11.2 Å². The number of benzene rings is 2. The van der Waals surface area contributed by atoms with Crippen LogP contribution in [0.15, 0.2) is 42.5 Å². The molecule has 1 amide bonds. The Balaban J connectivity index is 1.72. The minimum absolute atomic E-state index is 0.0699. The van der Waals surface area contributed by atoms with E-state index in [0.717, 1.165) is 16.8 Å². The van der Waals surface area contributed by atoms with E-state index < -0.39 is 0 Å². The molecule has 0 radical (unpaired) electrons. The summed E-state index contributed by atoms with van der Waals surface area (Å²) >= 11 is 0. The molecule has 1 heterocycles. The number of rotatable bonds is 3. The van der Waals surface area contributed by atoms with Crippen LogP contribution in [0.3, 0.4) is 0 Å². The van der Waals surface area contributed by atoms with Crippen LogP contribution in [0, 0.1) is 6.92 Å². The summed E-state index contributed by atoms with van der Waals surface area (Å²) in [5, 5.41) is 2.89. The van der Waals surface area contributed by atoms with Gasteiger partial charge in [0.05, 0.1) is 6.42 Å². The highest BCUT2D eigenvalue weighted by Crippen LogP contribution is 2.35. The first-order valence-corrected chi connectivity index (χ1v) is 6.46. The van der Waals surface area contributed by atoms with Gasteiger partial charge in [-0.2, -0.15) is 0 Å². The maximum atomic E-state index is 12.1. The minimum atomic E-state index is -0.0699. The molecule has 3 rings (SSSR count). The van der Waals surface area contributed by atoms with Crippen LogP contribution >= 0.6 is 0 Å². The Bertz CT molecular complexity index is 652. The second kappa shape index (κ2) is 5.25. The number of nitrogens with one attached hydrogen (secondary N) is 1. The van der Waals surface area contributed by atoms with E-state index in [1.54, 1.807) is 0 Å². The van der Waals surface area contributed by atoms with Crippen molar-refractivity contribution in [2.24, 2.45) is 0 Å². The van der Waals surface area contributed by atoms with Gasteiger partial charge >= 0.3 is 0 Å². The van der Waals surface area contributed by atoms with E-state index in [1.807, 2.05) is 49.4 Å². The number of amides is 1. The van der Waals surface area contributed by atoms with Crippen molar-refractivity contribution in [1.82, 2.24) is 0 Å². The summed E-state index contributed by atoms with van der Waals surface area (Å²) in [5.41, 5.74) is 2.75. The third kappa shape index (κ3) is 2.59. The van der Waals surface area contributed by atoms with Gasteiger partial charge in [-0.15, -0.1) is 0 Å². The van der Waals surface area contributed by atoms with Gasteiger partial charge in [0, 0.05) is 11.3 Å². The van der Waals surface area contributed by atoms with Gasteiger partial charge < -0.3 is 14.8 Å².